The third kappa shape index (κ3) is 2.92. The zero-order valence-electron chi connectivity index (χ0n) is 14.3. The highest BCUT2D eigenvalue weighted by Crippen LogP contribution is 2.31. The number of hydrogen-bond acceptors (Lipinski definition) is 3. The number of amides is 2. The van der Waals surface area contributed by atoms with Gasteiger partial charge in [-0.1, -0.05) is 12.1 Å². The molecule has 2 amide bonds. The van der Waals surface area contributed by atoms with Crippen molar-refractivity contribution in [1.82, 2.24) is 19.7 Å². The van der Waals surface area contributed by atoms with Gasteiger partial charge in [-0.05, 0) is 43.2 Å². The van der Waals surface area contributed by atoms with Crippen molar-refractivity contribution in [2.45, 2.75) is 19.4 Å². The Morgan fingerprint density at radius 2 is 2.15 bits per heavy atom. The number of nitrogens with one attached hydrogen (secondary N) is 1. The maximum atomic E-state index is 14.2. The standard InChI is InChI=1S/C19H18FN5O/c1-13-18-14(4-2-5-16(18)20)8-11-24(13)19(26)23-15-6-7-17(21-12-15)25-10-3-9-22-25/h2-7,9-10,12-13H,8,11H2,1H3,(H,23,26). The van der Waals surface area contributed by atoms with Crippen LogP contribution in [-0.2, 0) is 6.42 Å². The Morgan fingerprint density at radius 3 is 2.88 bits per heavy atom. The number of carbonyl (C=O) groups is 1. The number of pyridine rings is 1. The zero-order valence-corrected chi connectivity index (χ0v) is 14.3. The van der Waals surface area contributed by atoms with E-state index < -0.39 is 0 Å². The average molecular weight is 351 g/mol. The highest BCUT2D eigenvalue weighted by atomic mass is 19.1. The van der Waals surface area contributed by atoms with Gasteiger partial charge in [0.05, 0.1) is 17.9 Å². The number of carbonyl (C=O) groups excluding carboxylic acids is 1. The largest absolute Gasteiger partial charge is 0.322 e. The number of halogens is 1. The van der Waals surface area contributed by atoms with Gasteiger partial charge in [-0.2, -0.15) is 5.10 Å². The number of anilines is 1. The number of urea groups is 1. The Kier molecular flexibility index (Phi) is 4.12. The van der Waals surface area contributed by atoms with Gasteiger partial charge in [0.15, 0.2) is 5.82 Å². The van der Waals surface area contributed by atoms with Gasteiger partial charge in [-0.15, -0.1) is 0 Å². The van der Waals surface area contributed by atoms with E-state index in [1.165, 1.54) is 6.07 Å². The second kappa shape index (κ2) is 6.59. The van der Waals surface area contributed by atoms with Crippen LogP contribution in [0.3, 0.4) is 0 Å². The van der Waals surface area contributed by atoms with E-state index >= 15 is 0 Å². The molecule has 2 aromatic heterocycles. The van der Waals surface area contributed by atoms with E-state index in [1.807, 2.05) is 19.1 Å². The summed E-state index contributed by atoms with van der Waals surface area (Å²) >= 11 is 0. The summed E-state index contributed by atoms with van der Waals surface area (Å²) in [6, 6.07) is 9.84. The number of aromatic nitrogens is 3. The topological polar surface area (TPSA) is 63.1 Å². The summed E-state index contributed by atoms with van der Waals surface area (Å²) in [5, 5.41) is 6.95. The average Bonchev–Trinajstić information content (AvgIpc) is 3.17. The molecule has 1 aliphatic heterocycles. The van der Waals surface area contributed by atoms with Crippen LogP contribution in [-0.4, -0.2) is 32.2 Å². The van der Waals surface area contributed by atoms with Gasteiger partial charge in [0, 0.05) is 24.5 Å². The molecular formula is C19H18FN5O. The third-order valence-electron chi connectivity index (χ3n) is 4.65. The molecule has 0 saturated carbocycles. The second-order valence-electron chi connectivity index (χ2n) is 6.22. The lowest BCUT2D eigenvalue weighted by Crippen LogP contribution is -2.41. The van der Waals surface area contributed by atoms with Gasteiger partial charge in [0.2, 0.25) is 0 Å². The van der Waals surface area contributed by atoms with Gasteiger partial charge < -0.3 is 10.2 Å². The SMILES string of the molecule is CC1c2c(F)cccc2CCN1C(=O)Nc1ccc(-n2cccn2)nc1. The van der Waals surface area contributed by atoms with Crippen molar-refractivity contribution in [1.29, 1.82) is 0 Å². The first-order valence-corrected chi connectivity index (χ1v) is 8.44. The van der Waals surface area contributed by atoms with Crippen molar-refractivity contribution in [2.75, 3.05) is 11.9 Å². The highest BCUT2D eigenvalue weighted by Gasteiger charge is 2.29. The van der Waals surface area contributed by atoms with Crippen molar-refractivity contribution in [3.05, 3.63) is 71.9 Å². The number of benzene rings is 1. The molecule has 26 heavy (non-hydrogen) atoms. The summed E-state index contributed by atoms with van der Waals surface area (Å²) < 4.78 is 15.8. The highest BCUT2D eigenvalue weighted by molar-refractivity contribution is 5.89. The lowest BCUT2D eigenvalue weighted by molar-refractivity contribution is 0.186. The van der Waals surface area contributed by atoms with Crippen LogP contribution in [0.25, 0.3) is 5.82 Å². The van der Waals surface area contributed by atoms with Crippen LogP contribution in [0, 0.1) is 5.82 Å². The molecule has 0 fully saturated rings. The fourth-order valence-electron chi connectivity index (χ4n) is 3.33. The van der Waals surface area contributed by atoms with Crippen LogP contribution in [0.1, 0.15) is 24.1 Å². The van der Waals surface area contributed by atoms with Crippen molar-refractivity contribution >= 4 is 11.7 Å². The molecule has 1 unspecified atom stereocenters. The van der Waals surface area contributed by atoms with Gasteiger partial charge in [-0.25, -0.2) is 18.9 Å². The molecule has 0 aliphatic carbocycles. The van der Waals surface area contributed by atoms with Gasteiger partial charge >= 0.3 is 6.03 Å². The molecule has 1 N–H and O–H groups in total. The fraction of sp³-hybridized carbons (Fsp3) is 0.211. The maximum absolute atomic E-state index is 14.2. The summed E-state index contributed by atoms with van der Waals surface area (Å²) in [7, 11) is 0. The van der Waals surface area contributed by atoms with Crippen LogP contribution in [0.15, 0.2) is 55.0 Å². The minimum Gasteiger partial charge on any atom is -0.317 e. The first-order chi connectivity index (χ1) is 12.6. The minimum atomic E-state index is -0.323. The van der Waals surface area contributed by atoms with Crippen LogP contribution in [0.5, 0.6) is 0 Å². The number of hydrogen-bond donors (Lipinski definition) is 1. The van der Waals surface area contributed by atoms with Gasteiger partial charge in [-0.3, -0.25) is 0 Å². The molecule has 3 heterocycles. The molecular weight excluding hydrogens is 333 g/mol. The van der Waals surface area contributed by atoms with Crippen LogP contribution in [0.2, 0.25) is 0 Å². The third-order valence-corrected chi connectivity index (χ3v) is 4.65. The Balaban J connectivity index is 1.49. The summed E-state index contributed by atoms with van der Waals surface area (Å²) in [5.74, 6) is 0.396. The molecule has 0 radical (unpaired) electrons. The molecule has 1 aliphatic rings. The zero-order chi connectivity index (χ0) is 18.1. The first-order valence-electron chi connectivity index (χ1n) is 8.44. The first kappa shape index (κ1) is 16.3. The lowest BCUT2D eigenvalue weighted by Gasteiger charge is -2.35. The van der Waals surface area contributed by atoms with Gasteiger partial charge in [0.25, 0.3) is 0 Å². The van der Waals surface area contributed by atoms with E-state index in [-0.39, 0.29) is 17.9 Å². The van der Waals surface area contributed by atoms with Crippen molar-refractivity contribution in [3.63, 3.8) is 0 Å². The van der Waals surface area contributed by atoms with Crippen LogP contribution in [0.4, 0.5) is 14.9 Å². The van der Waals surface area contributed by atoms with Crippen LogP contribution < -0.4 is 5.32 Å². The van der Waals surface area contributed by atoms with E-state index in [1.54, 1.807) is 46.4 Å². The number of fused-ring (bicyclic) bond motifs is 1. The van der Waals surface area contributed by atoms with Crippen molar-refractivity contribution < 1.29 is 9.18 Å². The number of rotatable bonds is 2. The predicted molar refractivity (Wildman–Crippen MR) is 95.6 cm³/mol. The quantitative estimate of drug-likeness (QED) is 0.768. The molecule has 0 saturated heterocycles. The smallest absolute Gasteiger partial charge is 0.317 e. The van der Waals surface area contributed by atoms with Gasteiger partial charge in [0.1, 0.15) is 5.82 Å². The second-order valence-corrected chi connectivity index (χ2v) is 6.22. The lowest BCUT2D eigenvalue weighted by atomic mass is 9.93. The Labute approximate surface area is 150 Å². The molecule has 3 aromatic rings. The number of nitrogens with zero attached hydrogens (tertiary/aromatic N) is 4. The summed E-state index contributed by atoms with van der Waals surface area (Å²) in [6.07, 6.45) is 5.69. The molecule has 1 atom stereocenters. The van der Waals surface area contributed by atoms with E-state index in [0.29, 0.717) is 30.0 Å². The van der Waals surface area contributed by atoms with E-state index in [2.05, 4.69) is 15.4 Å². The Bertz CT molecular complexity index is 924. The van der Waals surface area contributed by atoms with E-state index in [4.69, 9.17) is 0 Å². The Hall–Kier alpha value is -3.22. The summed E-state index contributed by atoms with van der Waals surface area (Å²) in [6.45, 7) is 2.39. The molecule has 0 spiro atoms. The van der Waals surface area contributed by atoms with E-state index in [9.17, 15) is 9.18 Å². The molecule has 4 rings (SSSR count). The summed E-state index contributed by atoms with van der Waals surface area (Å²) in [5.41, 5.74) is 2.14. The molecule has 7 heteroatoms. The molecule has 6 nitrogen and oxygen atoms in total. The molecule has 1 aromatic carbocycles. The maximum Gasteiger partial charge on any atom is 0.322 e. The van der Waals surface area contributed by atoms with Crippen LogP contribution >= 0.6 is 0 Å². The molecule has 132 valence electrons. The molecule has 0 bridgehead atoms. The summed E-state index contributed by atoms with van der Waals surface area (Å²) in [4.78, 5) is 18.6. The van der Waals surface area contributed by atoms with Crippen molar-refractivity contribution in [2.24, 2.45) is 0 Å². The predicted octanol–water partition coefficient (Wildman–Crippen LogP) is 3.56. The Morgan fingerprint density at radius 1 is 1.27 bits per heavy atom. The monoisotopic (exact) mass is 351 g/mol. The fourth-order valence-corrected chi connectivity index (χ4v) is 3.33. The minimum absolute atomic E-state index is 0.264. The normalized spacial score (nSPS) is 16.2. The van der Waals surface area contributed by atoms with E-state index in [0.717, 1.165) is 5.56 Å². The van der Waals surface area contributed by atoms with Crippen molar-refractivity contribution in [3.8, 4) is 5.82 Å².